The molecule has 2 aromatic carbocycles. The molecule has 0 radical (unpaired) electrons. The molecular weight excluding hydrogens is 435 g/mol. The Morgan fingerprint density at radius 1 is 0.935 bits per heavy atom. The number of benzene rings is 2. The number of phenolic OH excluding ortho intramolecular Hbond substituents is 1. The third-order valence-electron chi connectivity index (χ3n) is 5.61. The molecule has 2 aliphatic heterocycles. The summed E-state index contributed by atoms with van der Waals surface area (Å²) in [5, 5.41) is 8.93. The molecule has 2 fully saturated rings. The van der Waals surface area contributed by atoms with Gasteiger partial charge in [-0.1, -0.05) is 11.6 Å². The number of rotatable bonds is 3. The molecule has 2 aromatic rings. The highest BCUT2D eigenvalue weighted by molar-refractivity contribution is 6.31. The molecule has 4 rings (SSSR count). The van der Waals surface area contributed by atoms with E-state index in [1.165, 1.54) is 6.07 Å². The van der Waals surface area contributed by atoms with E-state index in [0.717, 1.165) is 22.7 Å². The first-order chi connectivity index (χ1) is 14.6. The second kappa shape index (κ2) is 8.05. The smallest absolute Gasteiger partial charge is 0.417 e. The molecule has 2 amide bonds. The maximum Gasteiger partial charge on any atom is 0.417 e. The summed E-state index contributed by atoms with van der Waals surface area (Å²) < 4.78 is 39.5. The van der Waals surface area contributed by atoms with E-state index in [-0.39, 0.29) is 17.9 Å². The van der Waals surface area contributed by atoms with E-state index in [9.17, 15) is 27.9 Å². The number of anilines is 2. The summed E-state index contributed by atoms with van der Waals surface area (Å²) in [4.78, 5) is 30.3. The predicted molar refractivity (Wildman–Crippen MR) is 109 cm³/mol. The third kappa shape index (κ3) is 4.20. The molecule has 164 valence electrons. The number of carbonyl (C=O) groups excluding carboxylic acids is 2. The van der Waals surface area contributed by atoms with Gasteiger partial charge in [-0.05, 0) is 42.5 Å². The van der Waals surface area contributed by atoms with E-state index in [2.05, 4.69) is 4.90 Å². The van der Waals surface area contributed by atoms with Crippen molar-refractivity contribution in [2.75, 3.05) is 36.0 Å². The van der Waals surface area contributed by atoms with Gasteiger partial charge in [-0.2, -0.15) is 13.2 Å². The van der Waals surface area contributed by atoms with Crippen LogP contribution in [-0.4, -0.2) is 54.0 Å². The van der Waals surface area contributed by atoms with Crippen molar-refractivity contribution in [2.24, 2.45) is 0 Å². The minimum atomic E-state index is -4.69. The largest absolute Gasteiger partial charge is 0.508 e. The maximum atomic E-state index is 13.2. The lowest BCUT2D eigenvalue weighted by Crippen LogP contribution is -2.52. The summed E-state index contributed by atoms with van der Waals surface area (Å²) in [5.41, 5.74) is -0.274. The average Bonchev–Trinajstić information content (AvgIpc) is 3.02. The summed E-state index contributed by atoms with van der Waals surface area (Å²) in [6.07, 6.45) is -4.77. The van der Waals surface area contributed by atoms with Gasteiger partial charge in [-0.3, -0.25) is 14.5 Å². The van der Waals surface area contributed by atoms with Crippen LogP contribution in [0.2, 0.25) is 5.02 Å². The van der Waals surface area contributed by atoms with E-state index >= 15 is 0 Å². The SMILES string of the molecule is O=C1C[C@H](N2CCN(c3ccc(O)cc3)CC2)C(=O)N1c1ccc(Cl)c(C(F)(F)F)c1. The first-order valence-electron chi connectivity index (χ1n) is 9.67. The fraction of sp³-hybridized carbons (Fsp3) is 0.333. The van der Waals surface area contributed by atoms with E-state index in [1.54, 1.807) is 24.3 Å². The number of amides is 2. The van der Waals surface area contributed by atoms with Gasteiger partial charge in [0.15, 0.2) is 0 Å². The van der Waals surface area contributed by atoms with Crippen molar-refractivity contribution in [1.82, 2.24) is 4.90 Å². The Kier molecular flexibility index (Phi) is 5.57. The first kappa shape index (κ1) is 21.5. The lowest BCUT2D eigenvalue weighted by atomic mass is 10.1. The van der Waals surface area contributed by atoms with Crippen LogP contribution >= 0.6 is 11.6 Å². The second-order valence-electron chi connectivity index (χ2n) is 7.49. The number of hydrogen-bond donors (Lipinski definition) is 1. The minimum Gasteiger partial charge on any atom is -0.508 e. The Bertz CT molecular complexity index is 1010. The summed E-state index contributed by atoms with van der Waals surface area (Å²) in [5.74, 6) is -0.890. The molecule has 10 heteroatoms. The number of carbonyl (C=O) groups is 2. The Balaban J connectivity index is 1.47. The highest BCUT2D eigenvalue weighted by atomic mass is 35.5. The van der Waals surface area contributed by atoms with Crippen molar-refractivity contribution in [1.29, 1.82) is 0 Å². The van der Waals surface area contributed by atoms with Crippen LogP contribution in [0.25, 0.3) is 0 Å². The van der Waals surface area contributed by atoms with E-state index in [1.807, 2.05) is 4.90 Å². The molecule has 6 nitrogen and oxygen atoms in total. The van der Waals surface area contributed by atoms with Gasteiger partial charge in [0.25, 0.3) is 5.91 Å². The molecule has 0 spiro atoms. The van der Waals surface area contributed by atoms with Crippen LogP contribution in [-0.2, 0) is 15.8 Å². The van der Waals surface area contributed by atoms with Gasteiger partial charge in [0, 0.05) is 31.9 Å². The third-order valence-corrected chi connectivity index (χ3v) is 5.94. The highest BCUT2D eigenvalue weighted by Gasteiger charge is 2.44. The Morgan fingerprint density at radius 2 is 1.55 bits per heavy atom. The van der Waals surface area contributed by atoms with Crippen LogP contribution in [0, 0.1) is 0 Å². The number of imide groups is 1. The molecule has 2 heterocycles. The normalized spacial score (nSPS) is 20.6. The van der Waals surface area contributed by atoms with Crippen LogP contribution in [0.3, 0.4) is 0 Å². The molecule has 0 saturated carbocycles. The zero-order valence-corrected chi connectivity index (χ0v) is 17.0. The Labute approximate surface area is 181 Å². The van der Waals surface area contributed by atoms with Crippen LogP contribution in [0.4, 0.5) is 24.5 Å². The van der Waals surface area contributed by atoms with Gasteiger partial charge in [0.2, 0.25) is 5.91 Å². The van der Waals surface area contributed by atoms with Crippen molar-refractivity contribution < 1.29 is 27.9 Å². The zero-order valence-electron chi connectivity index (χ0n) is 16.3. The highest BCUT2D eigenvalue weighted by Crippen LogP contribution is 2.38. The molecule has 2 saturated heterocycles. The van der Waals surface area contributed by atoms with E-state index < -0.39 is 34.6 Å². The first-order valence-corrected chi connectivity index (χ1v) is 10.0. The van der Waals surface area contributed by atoms with Crippen molar-refractivity contribution in [2.45, 2.75) is 18.6 Å². The van der Waals surface area contributed by atoms with Gasteiger partial charge in [-0.25, -0.2) is 4.90 Å². The van der Waals surface area contributed by atoms with Crippen LogP contribution < -0.4 is 9.80 Å². The lowest BCUT2D eigenvalue weighted by Gasteiger charge is -2.38. The molecule has 2 aliphatic rings. The Morgan fingerprint density at radius 3 is 2.16 bits per heavy atom. The molecule has 31 heavy (non-hydrogen) atoms. The molecular formula is C21H19ClF3N3O3. The molecule has 0 aliphatic carbocycles. The van der Waals surface area contributed by atoms with Crippen LogP contribution in [0.15, 0.2) is 42.5 Å². The molecule has 0 bridgehead atoms. The van der Waals surface area contributed by atoms with E-state index in [0.29, 0.717) is 26.2 Å². The predicted octanol–water partition coefficient (Wildman–Crippen LogP) is 3.52. The van der Waals surface area contributed by atoms with Crippen LogP contribution in [0.5, 0.6) is 5.75 Å². The summed E-state index contributed by atoms with van der Waals surface area (Å²) in [6, 6.07) is 9.12. The number of halogens is 4. The molecule has 0 aromatic heterocycles. The zero-order chi connectivity index (χ0) is 22.3. The summed E-state index contributed by atoms with van der Waals surface area (Å²) in [7, 11) is 0. The van der Waals surface area contributed by atoms with Crippen molar-refractivity contribution in [3.8, 4) is 5.75 Å². The van der Waals surface area contributed by atoms with Crippen molar-refractivity contribution in [3.05, 3.63) is 53.1 Å². The number of alkyl halides is 3. The molecule has 1 atom stereocenters. The quantitative estimate of drug-likeness (QED) is 0.720. The van der Waals surface area contributed by atoms with Gasteiger partial charge >= 0.3 is 6.18 Å². The number of aromatic hydroxyl groups is 1. The van der Waals surface area contributed by atoms with E-state index in [4.69, 9.17) is 11.6 Å². The number of piperazine rings is 1. The second-order valence-corrected chi connectivity index (χ2v) is 7.90. The number of nitrogens with zero attached hydrogens (tertiary/aromatic N) is 3. The lowest BCUT2D eigenvalue weighted by molar-refractivity contribution is -0.137. The monoisotopic (exact) mass is 453 g/mol. The van der Waals surface area contributed by atoms with Crippen molar-refractivity contribution in [3.63, 3.8) is 0 Å². The fourth-order valence-electron chi connectivity index (χ4n) is 4.00. The van der Waals surface area contributed by atoms with Crippen LogP contribution in [0.1, 0.15) is 12.0 Å². The van der Waals surface area contributed by atoms with Gasteiger partial charge in [0.05, 0.1) is 28.7 Å². The summed E-state index contributed by atoms with van der Waals surface area (Å²) >= 11 is 5.65. The average molecular weight is 454 g/mol. The Hall–Kier alpha value is -2.78. The molecule has 0 unspecified atom stereocenters. The summed E-state index contributed by atoms with van der Waals surface area (Å²) in [6.45, 7) is 2.27. The minimum absolute atomic E-state index is 0.0813. The van der Waals surface area contributed by atoms with Crippen molar-refractivity contribution >= 4 is 34.8 Å². The molecule has 1 N–H and O–H groups in total. The van der Waals surface area contributed by atoms with Gasteiger partial charge in [0.1, 0.15) is 5.75 Å². The number of hydrogen-bond acceptors (Lipinski definition) is 5. The standard InChI is InChI=1S/C21H19ClF3N3O3/c22-17-6-3-14(11-16(17)21(23,24)25)28-19(30)12-18(20(28)31)27-9-7-26(8-10-27)13-1-4-15(29)5-2-13/h1-6,11,18,29H,7-10,12H2/t18-/m0/s1. The van der Waals surface area contributed by atoms with Gasteiger partial charge < -0.3 is 10.0 Å². The van der Waals surface area contributed by atoms with Gasteiger partial charge in [-0.15, -0.1) is 0 Å². The maximum absolute atomic E-state index is 13.2. The topological polar surface area (TPSA) is 64.1 Å². The number of phenols is 1. The fourth-order valence-corrected chi connectivity index (χ4v) is 4.22.